The van der Waals surface area contributed by atoms with E-state index in [9.17, 15) is 0 Å². The number of pyridine rings is 2. The number of fused-ring (bicyclic) bond motifs is 2. The molecule has 0 aliphatic heterocycles. The SMILES string of the molecule is C=C/C=C\C(=C/C)c1ccc2[nH]nc(-c3cc4c(C5=CCC=C5)ccnc4[nH]3)c2n1. The molecule has 5 nitrogen and oxygen atoms in total. The Bertz CT molecular complexity index is 1390. The third-order valence-corrected chi connectivity index (χ3v) is 5.30. The Labute approximate surface area is 174 Å². The maximum atomic E-state index is 4.90. The fraction of sp³-hybridized carbons (Fsp3) is 0.0800. The van der Waals surface area contributed by atoms with Crippen molar-refractivity contribution in [3.05, 3.63) is 90.8 Å². The van der Waals surface area contributed by atoms with Crippen molar-refractivity contribution in [2.75, 3.05) is 0 Å². The summed E-state index contributed by atoms with van der Waals surface area (Å²) in [5.41, 5.74) is 8.58. The molecule has 5 heteroatoms. The van der Waals surface area contributed by atoms with Gasteiger partial charge < -0.3 is 4.98 Å². The van der Waals surface area contributed by atoms with Crippen molar-refractivity contribution in [1.82, 2.24) is 25.1 Å². The second-order valence-corrected chi connectivity index (χ2v) is 7.11. The van der Waals surface area contributed by atoms with Crippen molar-refractivity contribution in [2.45, 2.75) is 13.3 Å². The van der Waals surface area contributed by atoms with Gasteiger partial charge in [0.05, 0.1) is 16.9 Å². The van der Waals surface area contributed by atoms with E-state index in [1.54, 1.807) is 6.08 Å². The van der Waals surface area contributed by atoms with Crippen LogP contribution in [0.1, 0.15) is 24.6 Å². The third kappa shape index (κ3) is 3.01. The summed E-state index contributed by atoms with van der Waals surface area (Å²) in [7, 11) is 0. The van der Waals surface area contributed by atoms with Gasteiger partial charge in [0.25, 0.3) is 0 Å². The fourth-order valence-electron chi connectivity index (χ4n) is 3.81. The van der Waals surface area contributed by atoms with Gasteiger partial charge >= 0.3 is 0 Å². The second kappa shape index (κ2) is 7.44. The third-order valence-electron chi connectivity index (χ3n) is 5.30. The second-order valence-electron chi connectivity index (χ2n) is 7.11. The maximum Gasteiger partial charge on any atom is 0.138 e. The lowest BCUT2D eigenvalue weighted by molar-refractivity contribution is 1.12. The molecule has 4 heterocycles. The van der Waals surface area contributed by atoms with Gasteiger partial charge in [-0.1, -0.05) is 49.1 Å². The Morgan fingerprint density at radius 1 is 1.23 bits per heavy atom. The molecule has 4 aromatic rings. The van der Waals surface area contributed by atoms with Gasteiger partial charge in [0.2, 0.25) is 0 Å². The Morgan fingerprint density at radius 3 is 2.97 bits per heavy atom. The highest BCUT2D eigenvalue weighted by Crippen LogP contribution is 2.33. The van der Waals surface area contributed by atoms with E-state index in [4.69, 9.17) is 4.98 Å². The van der Waals surface area contributed by atoms with Crippen molar-refractivity contribution < 1.29 is 0 Å². The zero-order valence-corrected chi connectivity index (χ0v) is 16.7. The van der Waals surface area contributed by atoms with Crippen LogP contribution < -0.4 is 0 Å². The molecule has 0 unspecified atom stereocenters. The van der Waals surface area contributed by atoms with Crippen molar-refractivity contribution in [2.24, 2.45) is 0 Å². The molecular formula is C25H21N5. The van der Waals surface area contributed by atoms with Crippen LogP contribution in [-0.2, 0) is 0 Å². The number of aromatic nitrogens is 5. The smallest absolute Gasteiger partial charge is 0.138 e. The summed E-state index contributed by atoms with van der Waals surface area (Å²) in [5, 5.41) is 8.73. The first-order chi connectivity index (χ1) is 14.8. The molecule has 0 saturated heterocycles. The number of allylic oxidation sites excluding steroid dienone is 9. The minimum atomic E-state index is 0.787. The predicted molar refractivity (Wildman–Crippen MR) is 124 cm³/mol. The summed E-state index contributed by atoms with van der Waals surface area (Å²) in [5.74, 6) is 0. The van der Waals surface area contributed by atoms with Crippen LogP contribution in [0, 0.1) is 0 Å². The van der Waals surface area contributed by atoms with Crippen molar-refractivity contribution in [1.29, 1.82) is 0 Å². The van der Waals surface area contributed by atoms with Crippen LogP contribution in [-0.4, -0.2) is 25.1 Å². The summed E-state index contributed by atoms with van der Waals surface area (Å²) >= 11 is 0. The first-order valence-corrected chi connectivity index (χ1v) is 9.94. The Morgan fingerprint density at radius 2 is 2.17 bits per heavy atom. The van der Waals surface area contributed by atoms with E-state index in [1.807, 2.05) is 43.5 Å². The van der Waals surface area contributed by atoms with Crippen LogP contribution in [0.25, 0.3) is 44.6 Å². The van der Waals surface area contributed by atoms with Gasteiger partial charge in [-0.25, -0.2) is 9.97 Å². The molecule has 1 aliphatic carbocycles. The standard InChI is InChI=1S/C25H21N5/c1-3-5-8-16(4-2)20-11-12-21-23(27-20)24(30-29-21)22-15-19-18(17-9-6-7-10-17)13-14-26-25(19)28-22/h3-6,8-15H,1,7H2,2H3,(H,26,28)(H,29,30)/b8-5-,16-4+. The van der Waals surface area contributed by atoms with Crippen LogP contribution >= 0.6 is 0 Å². The van der Waals surface area contributed by atoms with Crippen molar-refractivity contribution in [3.8, 4) is 11.4 Å². The molecule has 30 heavy (non-hydrogen) atoms. The summed E-state index contributed by atoms with van der Waals surface area (Å²) in [6.45, 7) is 5.75. The number of nitrogens with one attached hydrogen (secondary N) is 2. The number of rotatable bonds is 5. The summed E-state index contributed by atoms with van der Waals surface area (Å²) in [6, 6.07) is 8.18. The van der Waals surface area contributed by atoms with Crippen LogP contribution in [0.2, 0.25) is 0 Å². The molecule has 0 fully saturated rings. The van der Waals surface area contributed by atoms with Crippen LogP contribution in [0.3, 0.4) is 0 Å². The van der Waals surface area contributed by atoms with E-state index in [0.717, 1.165) is 51.1 Å². The molecule has 5 rings (SSSR count). The first-order valence-electron chi connectivity index (χ1n) is 9.94. The quantitative estimate of drug-likeness (QED) is 0.411. The molecule has 4 aromatic heterocycles. The van der Waals surface area contributed by atoms with Crippen molar-refractivity contribution >= 4 is 33.2 Å². The van der Waals surface area contributed by atoms with E-state index < -0.39 is 0 Å². The highest BCUT2D eigenvalue weighted by molar-refractivity contribution is 5.98. The zero-order valence-electron chi connectivity index (χ0n) is 16.7. The number of hydrogen-bond acceptors (Lipinski definition) is 3. The average Bonchev–Trinajstić information content (AvgIpc) is 3.52. The Kier molecular flexibility index (Phi) is 4.48. The molecule has 0 amide bonds. The summed E-state index contributed by atoms with van der Waals surface area (Å²) in [6.07, 6.45) is 17.1. The molecule has 0 bridgehead atoms. The molecule has 0 saturated carbocycles. The van der Waals surface area contributed by atoms with E-state index in [1.165, 1.54) is 11.1 Å². The lowest BCUT2D eigenvalue weighted by atomic mass is 10.0. The molecular weight excluding hydrogens is 370 g/mol. The number of H-pyrrole nitrogens is 2. The van der Waals surface area contributed by atoms with Gasteiger partial charge in [0.15, 0.2) is 0 Å². The lowest BCUT2D eigenvalue weighted by Gasteiger charge is -2.02. The van der Waals surface area contributed by atoms with Crippen molar-refractivity contribution in [3.63, 3.8) is 0 Å². The van der Waals surface area contributed by atoms with E-state index in [-0.39, 0.29) is 0 Å². The van der Waals surface area contributed by atoms with E-state index in [2.05, 4.69) is 57.1 Å². The lowest BCUT2D eigenvalue weighted by Crippen LogP contribution is -1.88. The Hall–Kier alpha value is -3.99. The molecule has 0 radical (unpaired) electrons. The van der Waals surface area contributed by atoms with Gasteiger partial charge in [0, 0.05) is 11.6 Å². The predicted octanol–water partition coefficient (Wildman–Crippen LogP) is 5.99. The molecule has 1 aliphatic rings. The van der Waals surface area contributed by atoms with Crippen LogP contribution in [0.4, 0.5) is 0 Å². The number of hydrogen-bond donors (Lipinski definition) is 2. The average molecular weight is 391 g/mol. The van der Waals surface area contributed by atoms with Gasteiger partial charge in [-0.2, -0.15) is 5.10 Å². The topological polar surface area (TPSA) is 70.2 Å². The first kappa shape index (κ1) is 18.1. The largest absolute Gasteiger partial charge is 0.338 e. The molecule has 0 spiro atoms. The van der Waals surface area contributed by atoms with E-state index in [0.29, 0.717) is 0 Å². The normalized spacial score (nSPS) is 14.3. The number of nitrogens with zero attached hydrogens (tertiary/aromatic N) is 3. The monoisotopic (exact) mass is 391 g/mol. The van der Waals surface area contributed by atoms with Crippen LogP contribution in [0.15, 0.2) is 79.6 Å². The fourth-order valence-corrected chi connectivity index (χ4v) is 3.81. The van der Waals surface area contributed by atoms with Gasteiger partial charge in [0.1, 0.15) is 16.9 Å². The van der Waals surface area contributed by atoms with Gasteiger partial charge in [-0.3, -0.25) is 5.10 Å². The highest BCUT2D eigenvalue weighted by atomic mass is 15.1. The van der Waals surface area contributed by atoms with Gasteiger partial charge in [-0.15, -0.1) is 0 Å². The molecule has 0 atom stereocenters. The zero-order chi connectivity index (χ0) is 20.5. The maximum absolute atomic E-state index is 4.90. The molecule has 2 N–H and O–H groups in total. The number of aromatic amines is 2. The van der Waals surface area contributed by atoms with Gasteiger partial charge in [-0.05, 0) is 54.3 Å². The highest BCUT2D eigenvalue weighted by Gasteiger charge is 2.16. The van der Waals surface area contributed by atoms with Crippen LogP contribution in [0.5, 0.6) is 0 Å². The van der Waals surface area contributed by atoms with E-state index >= 15 is 0 Å². The minimum absolute atomic E-state index is 0.787. The minimum Gasteiger partial charge on any atom is -0.338 e. The Balaban J connectivity index is 1.64. The molecule has 0 aromatic carbocycles. The molecule has 146 valence electrons. The summed E-state index contributed by atoms with van der Waals surface area (Å²) in [4.78, 5) is 12.8. The summed E-state index contributed by atoms with van der Waals surface area (Å²) < 4.78 is 0.